The minimum Gasteiger partial charge on any atom is -0.379 e. The summed E-state index contributed by atoms with van der Waals surface area (Å²) in [4.78, 5) is 23.0. The van der Waals surface area contributed by atoms with Crippen LogP contribution in [0.3, 0.4) is 0 Å². The molecule has 0 unspecified atom stereocenters. The number of hydrazone groups is 1. The fourth-order valence-electron chi connectivity index (χ4n) is 1.48. The number of rotatable bonds is 7. The maximum absolute atomic E-state index is 11.5. The van der Waals surface area contributed by atoms with Gasteiger partial charge in [0.2, 0.25) is 0 Å². The Morgan fingerprint density at radius 2 is 2.14 bits per heavy atom. The van der Waals surface area contributed by atoms with E-state index >= 15 is 0 Å². The standard InChI is InChI=1S/C15H20BrN3O3/c1-11(2)22-8-4-7-17-14(20)15(21)19-18-10-12-5-3-6-13(16)9-12/h3,5-6,9-11H,4,7-8H2,1-2H3,(H,17,20)(H,19,21). The molecule has 22 heavy (non-hydrogen) atoms. The van der Waals surface area contributed by atoms with Crippen molar-refractivity contribution >= 4 is 34.0 Å². The van der Waals surface area contributed by atoms with E-state index in [1.807, 2.05) is 38.1 Å². The van der Waals surface area contributed by atoms with Crippen molar-refractivity contribution in [2.75, 3.05) is 13.2 Å². The normalized spacial score (nSPS) is 10.9. The van der Waals surface area contributed by atoms with Crippen LogP contribution in [0.15, 0.2) is 33.8 Å². The van der Waals surface area contributed by atoms with E-state index in [4.69, 9.17) is 4.74 Å². The van der Waals surface area contributed by atoms with Crippen molar-refractivity contribution in [2.24, 2.45) is 5.10 Å². The predicted octanol–water partition coefficient (Wildman–Crippen LogP) is 1.83. The van der Waals surface area contributed by atoms with E-state index in [0.717, 1.165) is 10.0 Å². The first-order valence-corrected chi connectivity index (χ1v) is 7.76. The number of halogens is 1. The van der Waals surface area contributed by atoms with Crippen molar-refractivity contribution in [1.82, 2.24) is 10.7 Å². The summed E-state index contributed by atoms with van der Waals surface area (Å²) in [6, 6.07) is 7.39. The molecule has 6 nitrogen and oxygen atoms in total. The smallest absolute Gasteiger partial charge is 0.329 e. The molecule has 2 amide bonds. The van der Waals surface area contributed by atoms with Gasteiger partial charge in [-0.15, -0.1) is 0 Å². The van der Waals surface area contributed by atoms with Gasteiger partial charge in [-0.3, -0.25) is 9.59 Å². The molecule has 0 atom stereocenters. The Balaban J connectivity index is 2.25. The molecular weight excluding hydrogens is 350 g/mol. The zero-order valence-corrected chi connectivity index (χ0v) is 14.2. The van der Waals surface area contributed by atoms with Crippen LogP contribution in [0, 0.1) is 0 Å². The van der Waals surface area contributed by atoms with E-state index in [2.05, 4.69) is 31.8 Å². The molecule has 1 aromatic rings. The molecule has 7 heteroatoms. The van der Waals surface area contributed by atoms with Gasteiger partial charge in [0.05, 0.1) is 12.3 Å². The Bertz CT molecular complexity index is 533. The summed E-state index contributed by atoms with van der Waals surface area (Å²) in [7, 11) is 0. The Hall–Kier alpha value is -1.73. The average Bonchev–Trinajstić information content (AvgIpc) is 2.46. The number of nitrogens with zero attached hydrogens (tertiary/aromatic N) is 1. The molecule has 120 valence electrons. The highest BCUT2D eigenvalue weighted by atomic mass is 79.9. The highest BCUT2D eigenvalue weighted by molar-refractivity contribution is 9.10. The molecule has 0 fully saturated rings. The van der Waals surface area contributed by atoms with E-state index < -0.39 is 11.8 Å². The first-order chi connectivity index (χ1) is 10.5. The number of benzene rings is 1. The number of carbonyl (C=O) groups excluding carboxylic acids is 2. The van der Waals surface area contributed by atoms with Crippen LogP contribution in [-0.4, -0.2) is 37.3 Å². The summed E-state index contributed by atoms with van der Waals surface area (Å²) in [5.41, 5.74) is 2.99. The molecule has 0 aliphatic heterocycles. The summed E-state index contributed by atoms with van der Waals surface area (Å²) in [5.74, 6) is -1.51. The molecule has 0 saturated heterocycles. The lowest BCUT2D eigenvalue weighted by atomic mass is 10.2. The van der Waals surface area contributed by atoms with Crippen molar-refractivity contribution in [3.8, 4) is 0 Å². The summed E-state index contributed by atoms with van der Waals surface area (Å²) < 4.78 is 6.24. The zero-order chi connectivity index (χ0) is 16.4. The molecule has 2 N–H and O–H groups in total. The van der Waals surface area contributed by atoms with Gasteiger partial charge in [0.15, 0.2) is 0 Å². The first-order valence-electron chi connectivity index (χ1n) is 6.97. The summed E-state index contributed by atoms with van der Waals surface area (Å²) in [6.45, 7) is 4.81. The third-order valence-corrected chi connectivity index (χ3v) is 2.99. The number of nitrogens with one attached hydrogen (secondary N) is 2. The van der Waals surface area contributed by atoms with Gasteiger partial charge >= 0.3 is 11.8 Å². The highest BCUT2D eigenvalue weighted by Crippen LogP contribution is 2.09. The second-order valence-electron chi connectivity index (χ2n) is 4.78. The maximum atomic E-state index is 11.5. The van der Waals surface area contributed by atoms with E-state index in [9.17, 15) is 9.59 Å². The maximum Gasteiger partial charge on any atom is 0.329 e. The minimum absolute atomic E-state index is 0.159. The second kappa shape index (κ2) is 10.1. The molecule has 0 aliphatic rings. The molecule has 0 aliphatic carbocycles. The van der Waals surface area contributed by atoms with Gasteiger partial charge in [-0.25, -0.2) is 5.43 Å². The van der Waals surface area contributed by atoms with E-state index in [1.165, 1.54) is 6.21 Å². The van der Waals surface area contributed by atoms with Gasteiger partial charge in [-0.2, -0.15) is 5.10 Å². The van der Waals surface area contributed by atoms with Crippen molar-refractivity contribution in [2.45, 2.75) is 26.4 Å². The van der Waals surface area contributed by atoms with Gasteiger partial charge in [0.25, 0.3) is 0 Å². The lowest BCUT2D eigenvalue weighted by Gasteiger charge is -2.07. The SMILES string of the molecule is CC(C)OCCCNC(=O)C(=O)NN=Cc1cccc(Br)c1. The lowest BCUT2D eigenvalue weighted by Crippen LogP contribution is -2.38. The van der Waals surface area contributed by atoms with Crippen LogP contribution >= 0.6 is 15.9 Å². The van der Waals surface area contributed by atoms with Gasteiger partial charge in [0.1, 0.15) is 0 Å². The van der Waals surface area contributed by atoms with E-state index in [1.54, 1.807) is 0 Å². The number of hydrogen-bond donors (Lipinski definition) is 2. The largest absolute Gasteiger partial charge is 0.379 e. The number of hydrogen-bond acceptors (Lipinski definition) is 4. The number of amides is 2. The second-order valence-corrected chi connectivity index (χ2v) is 5.70. The van der Waals surface area contributed by atoms with Crippen LogP contribution in [0.4, 0.5) is 0 Å². The minimum atomic E-state index is -0.795. The van der Waals surface area contributed by atoms with Crippen LogP contribution in [0.2, 0.25) is 0 Å². The fourth-order valence-corrected chi connectivity index (χ4v) is 1.89. The third-order valence-electron chi connectivity index (χ3n) is 2.49. The monoisotopic (exact) mass is 369 g/mol. The summed E-state index contributed by atoms with van der Waals surface area (Å²) in [5, 5.41) is 6.24. The van der Waals surface area contributed by atoms with Crippen molar-refractivity contribution < 1.29 is 14.3 Å². The topological polar surface area (TPSA) is 79.8 Å². The summed E-state index contributed by atoms with van der Waals surface area (Å²) in [6.07, 6.45) is 2.27. The Morgan fingerprint density at radius 3 is 2.82 bits per heavy atom. The molecule has 1 rings (SSSR count). The van der Waals surface area contributed by atoms with Gasteiger partial charge in [0, 0.05) is 17.6 Å². The Morgan fingerprint density at radius 1 is 1.36 bits per heavy atom. The number of ether oxygens (including phenoxy) is 1. The van der Waals surface area contributed by atoms with Crippen molar-refractivity contribution in [1.29, 1.82) is 0 Å². The van der Waals surface area contributed by atoms with Gasteiger partial charge in [-0.1, -0.05) is 28.1 Å². The molecule has 0 saturated carbocycles. The van der Waals surface area contributed by atoms with Crippen LogP contribution in [0.25, 0.3) is 0 Å². The molecule has 1 aromatic carbocycles. The van der Waals surface area contributed by atoms with Crippen LogP contribution < -0.4 is 10.7 Å². The molecule has 0 heterocycles. The van der Waals surface area contributed by atoms with Crippen LogP contribution in [-0.2, 0) is 14.3 Å². The van der Waals surface area contributed by atoms with E-state index in [-0.39, 0.29) is 6.10 Å². The number of carbonyl (C=O) groups is 2. The first kappa shape index (κ1) is 18.3. The molecule has 0 radical (unpaired) electrons. The van der Waals surface area contributed by atoms with E-state index in [0.29, 0.717) is 19.6 Å². The molecule has 0 aromatic heterocycles. The van der Waals surface area contributed by atoms with Crippen LogP contribution in [0.5, 0.6) is 0 Å². The quantitative estimate of drug-likeness (QED) is 0.333. The Kier molecular flexibility index (Phi) is 8.39. The van der Waals surface area contributed by atoms with Crippen LogP contribution in [0.1, 0.15) is 25.8 Å². The fraction of sp³-hybridized carbons (Fsp3) is 0.400. The molecule has 0 spiro atoms. The van der Waals surface area contributed by atoms with Crippen molar-refractivity contribution in [3.05, 3.63) is 34.3 Å². The zero-order valence-electron chi connectivity index (χ0n) is 12.6. The van der Waals surface area contributed by atoms with Gasteiger partial charge < -0.3 is 10.1 Å². The predicted molar refractivity (Wildman–Crippen MR) is 88.6 cm³/mol. The summed E-state index contributed by atoms with van der Waals surface area (Å²) >= 11 is 3.33. The lowest BCUT2D eigenvalue weighted by molar-refractivity contribution is -0.139. The third kappa shape index (κ3) is 7.90. The highest BCUT2D eigenvalue weighted by Gasteiger charge is 2.11. The molecular formula is C15H20BrN3O3. The van der Waals surface area contributed by atoms with Crippen molar-refractivity contribution in [3.63, 3.8) is 0 Å². The molecule has 0 bridgehead atoms. The Labute approximate surface area is 138 Å². The van der Waals surface area contributed by atoms with Gasteiger partial charge in [-0.05, 0) is 38.0 Å². The average molecular weight is 370 g/mol.